The van der Waals surface area contributed by atoms with Crippen LogP contribution in [0.4, 0.5) is 4.79 Å². The molecule has 1 saturated heterocycles. The van der Waals surface area contributed by atoms with E-state index in [0.29, 0.717) is 25.1 Å². The SMILES string of the molecule is Cn1c2c(c3c1-c1cc(-c4cccc(C#N)c4)ncc1CC3)C(=O)NC1(C2)CN(C(=O)OC(C)(C)C)C1. The van der Waals surface area contributed by atoms with Gasteiger partial charge in [0, 0.05) is 49.6 Å². The average molecular weight is 496 g/mol. The molecule has 3 aliphatic rings. The van der Waals surface area contributed by atoms with E-state index in [1.807, 2.05) is 52.2 Å². The first-order valence-electron chi connectivity index (χ1n) is 12.6. The number of nitrogens with zero attached hydrogens (tertiary/aromatic N) is 4. The lowest BCUT2D eigenvalue weighted by atomic mass is 9.80. The Morgan fingerprint density at radius 2 is 2.00 bits per heavy atom. The summed E-state index contributed by atoms with van der Waals surface area (Å²) in [6.45, 7) is 6.42. The number of likely N-dealkylation sites (tertiary alicyclic amines) is 1. The molecule has 0 unspecified atom stereocenters. The summed E-state index contributed by atoms with van der Waals surface area (Å²) >= 11 is 0. The minimum absolute atomic E-state index is 0.0682. The number of aromatic nitrogens is 2. The first kappa shape index (κ1) is 23.3. The molecule has 1 aromatic carbocycles. The molecule has 0 radical (unpaired) electrons. The number of benzene rings is 1. The first-order chi connectivity index (χ1) is 17.6. The van der Waals surface area contributed by atoms with E-state index in [2.05, 4.69) is 27.0 Å². The molecule has 2 aliphatic heterocycles. The number of amides is 2. The minimum Gasteiger partial charge on any atom is -0.444 e. The van der Waals surface area contributed by atoms with Gasteiger partial charge in [-0.3, -0.25) is 9.78 Å². The fourth-order valence-electron chi connectivity index (χ4n) is 5.93. The molecule has 188 valence electrons. The quantitative estimate of drug-likeness (QED) is 0.550. The maximum absolute atomic E-state index is 13.5. The molecule has 1 fully saturated rings. The van der Waals surface area contributed by atoms with Crippen LogP contribution in [0.5, 0.6) is 0 Å². The second-order valence-electron chi connectivity index (χ2n) is 11.4. The second-order valence-corrected chi connectivity index (χ2v) is 11.4. The number of rotatable bonds is 1. The van der Waals surface area contributed by atoms with E-state index in [-0.39, 0.29) is 12.0 Å². The molecule has 1 N–H and O–H groups in total. The maximum atomic E-state index is 13.5. The molecular weight excluding hydrogens is 466 g/mol. The average Bonchev–Trinajstić information content (AvgIpc) is 3.13. The number of nitrogens with one attached hydrogen (secondary N) is 1. The summed E-state index contributed by atoms with van der Waals surface area (Å²) in [6, 6.07) is 11.7. The van der Waals surface area contributed by atoms with E-state index < -0.39 is 11.1 Å². The number of fused-ring (bicyclic) bond motifs is 5. The van der Waals surface area contributed by atoms with Crippen molar-refractivity contribution in [3.63, 3.8) is 0 Å². The van der Waals surface area contributed by atoms with Crippen LogP contribution in [0.15, 0.2) is 36.5 Å². The zero-order valence-electron chi connectivity index (χ0n) is 21.5. The van der Waals surface area contributed by atoms with E-state index in [9.17, 15) is 14.9 Å². The number of carbonyl (C=O) groups is 2. The van der Waals surface area contributed by atoms with Gasteiger partial charge in [0.15, 0.2) is 0 Å². The Morgan fingerprint density at radius 3 is 2.73 bits per heavy atom. The molecule has 8 heteroatoms. The standard InChI is InChI=1S/C29H29N5O3/c1-28(2,3)37-27(36)34-15-29(16-34)12-23-24(26(35)32-29)20-9-8-19-14-31-22(11-21(19)25(20)33(23)4)18-7-5-6-17(10-18)13-30/h5-7,10-11,14H,8-9,12,15-16H2,1-4H3,(H,32,35). The fourth-order valence-corrected chi connectivity index (χ4v) is 5.93. The van der Waals surface area contributed by atoms with Gasteiger partial charge in [-0.15, -0.1) is 0 Å². The van der Waals surface area contributed by atoms with Crippen LogP contribution in [0.2, 0.25) is 0 Å². The van der Waals surface area contributed by atoms with Gasteiger partial charge in [-0.05, 0) is 62.9 Å². The number of pyridine rings is 1. The van der Waals surface area contributed by atoms with Crippen molar-refractivity contribution in [2.75, 3.05) is 13.1 Å². The highest BCUT2D eigenvalue weighted by Crippen LogP contribution is 2.43. The lowest BCUT2D eigenvalue weighted by Gasteiger charge is -2.51. The topological polar surface area (TPSA) is 100 Å². The minimum atomic E-state index is -0.559. The molecule has 1 aliphatic carbocycles. The normalized spacial score (nSPS) is 17.2. The van der Waals surface area contributed by atoms with Gasteiger partial charge in [0.2, 0.25) is 0 Å². The summed E-state index contributed by atoms with van der Waals surface area (Å²) < 4.78 is 7.67. The molecule has 3 aromatic rings. The van der Waals surface area contributed by atoms with Gasteiger partial charge in [0.1, 0.15) is 5.60 Å². The zero-order chi connectivity index (χ0) is 26.1. The first-order valence-corrected chi connectivity index (χ1v) is 12.6. The van der Waals surface area contributed by atoms with Crippen molar-refractivity contribution in [1.82, 2.24) is 19.8 Å². The number of nitriles is 1. The molecule has 2 amide bonds. The number of carbonyl (C=O) groups excluding carboxylic acids is 2. The van der Waals surface area contributed by atoms with E-state index in [0.717, 1.165) is 57.7 Å². The molecular formula is C29H29N5O3. The van der Waals surface area contributed by atoms with Gasteiger partial charge < -0.3 is 19.5 Å². The third-order valence-electron chi connectivity index (χ3n) is 7.54. The van der Waals surface area contributed by atoms with Crippen molar-refractivity contribution in [1.29, 1.82) is 5.26 Å². The Labute approximate surface area is 215 Å². The maximum Gasteiger partial charge on any atom is 0.410 e. The fraction of sp³-hybridized carbons (Fsp3) is 0.379. The lowest BCUT2D eigenvalue weighted by molar-refractivity contribution is -0.0170. The summed E-state index contributed by atoms with van der Waals surface area (Å²) in [7, 11) is 2.03. The van der Waals surface area contributed by atoms with Gasteiger partial charge in [-0.1, -0.05) is 12.1 Å². The van der Waals surface area contributed by atoms with Gasteiger partial charge in [0.25, 0.3) is 5.91 Å². The number of aryl methyl sites for hydroxylation is 1. The smallest absolute Gasteiger partial charge is 0.410 e. The molecule has 8 nitrogen and oxygen atoms in total. The molecule has 6 rings (SSSR count). The molecule has 2 aromatic heterocycles. The zero-order valence-corrected chi connectivity index (χ0v) is 21.5. The van der Waals surface area contributed by atoms with Crippen LogP contribution in [-0.2, 0) is 31.0 Å². The van der Waals surface area contributed by atoms with Crippen LogP contribution in [0.1, 0.15) is 53.5 Å². The Bertz CT molecular complexity index is 1520. The summed E-state index contributed by atoms with van der Waals surface area (Å²) in [5, 5.41) is 12.5. The van der Waals surface area contributed by atoms with Crippen LogP contribution >= 0.6 is 0 Å². The van der Waals surface area contributed by atoms with Crippen LogP contribution in [-0.4, -0.2) is 50.7 Å². The van der Waals surface area contributed by atoms with Crippen LogP contribution in [0, 0.1) is 11.3 Å². The molecule has 37 heavy (non-hydrogen) atoms. The molecule has 1 spiro atoms. The third-order valence-corrected chi connectivity index (χ3v) is 7.54. The predicted molar refractivity (Wildman–Crippen MR) is 138 cm³/mol. The molecule has 0 saturated carbocycles. The van der Waals surface area contributed by atoms with Crippen molar-refractivity contribution in [2.24, 2.45) is 7.05 Å². The Hall–Kier alpha value is -4.12. The summed E-state index contributed by atoms with van der Waals surface area (Å²) in [5.41, 5.74) is 7.40. The van der Waals surface area contributed by atoms with Crippen molar-refractivity contribution in [3.8, 4) is 28.6 Å². The highest BCUT2D eigenvalue weighted by atomic mass is 16.6. The van der Waals surface area contributed by atoms with Crippen molar-refractivity contribution in [2.45, 2.75) is 51.2 Å². The van der Waals surface area contributed by atoms with E-state index in [1.165, 1.54) is 0 Å². The number of hydrogen-bond acceptors (Lipinski definition) is 5. The molecule has 0 atom stereocenters. The highest BCUT2D eigenvalue weighted by Gasteiger charge is 2.52. The molecule has 0 bridgehead atoms. The monoisotopic (exact) mass is 495 g/mol. The van der Waals surface area contributed by atoms with Crippen molar-refractivity contribution >= 4 is 12.0 Å². The van der Waals surface area contributed by atoms with Gasteiger partial charge >= 0.3 is 6.09 Å². The van der Waals surface area contributed by atoms with E-state index >= 15 is 0 Å². The lowest BCUT2D eigenvalue weighted by Crippen LogP contribution is -2.74. The highest BCUT2D eigenvalue weighted by molar-refractivity contribution is 6.01. The predicted octanol–water partition coefficient (Wildman–Crippen LogP) is 4.00. The van der Waals surface area contributed by atoms with Crippen molar-refractivity contribution in [3.05, 3.63) is 64.5 Å². The Kier molecular flexibility index (Phi) is 5.00. The van der Waals surface area contributed by atoms with Gasteiger partial charge in [-0.25, -0.2) is 4.79 Å². The Balaban J connectivity index is 1.35. The Morgan fingerprint density at radius 1 is 1.22 bits per heavy atom. The summed E-state index contributed by atoms with van der Waals surface area (Å²) in [4.78, 5) is 32.3. The van der Waals surface area contributed by atoms with Crippen LogP contribution in [0.25, 0.3) is 22.5 Å². The van der Waals surface area contributed by atoms with Crippen LogP contribution < -0.4 is 5.32 Å². The summed E-state index contributed by atoms with van der Waals surface area (Å²) in [5.74, 6) is -0.0682. The second kappa shape index (κ2) is 7.94. The third kappa shape index (κ3) is 3.77. The van der Waals surface area contributed by atoms with E-state index in [4.69, 9.17) is 4.74 Å². The van der Waals surface area contributed by atoms with Crippen LogP contribution in [0.3, 0.4) is 0 Å². The van der Waals surface area contributed by atoms with Crippen molar-refractivity contribution < 1.29 is 14.3 Å². The number of ether oxygens (including phenoxy) is 1. The largest absolute Gasteiger partial charge is 0.444 e. The van der Waals surface area contributed by atoms with E-state index in [1.54, 1.807) is 11.0 Å². The van der Waals surface area contributed by atoms with Gasteiger partial charge in [0.05, 0.1) is 34.1 Å². The van der Waals surface area contributed by atoms with Gasteiger partial charge in [-0.2, -0.15) is 5.26 Å². The molecule has 4 heterocycles. The number of hydrogen-bond donors (Lipinski definition) is 1. The summed E-state index contributed by atoms with van der Waals surface area (Å²) in [6.07, 6.45) is 3.83.